The predicted molar refractivity (Wildman–Crippen MR) is 77.2 cm³/mol. The molecule has 1 aromatic carbocycles. The first-order valence-electron chi connectivity index (χ1n) is 5.61. The number of urea groups is 1. The molecule has 0 bridgehead atoms. The molecule has 0 aliphatic rings. The highest BCUT2D eigenvalue weighted by Crippen LogP contribution is 2.28. The Bertz CT molecular complexity index is 651. The van der Waals surface area contributed by atoms with Gasteiger partial charge in [-0.05, 0) is 24.3 Å². The molecule has 7 heteroatoms. The number of halogens is 1. The molecule has 5 nitrogen and oxygen atoms in total. The Morgan fingerprint density at radius 2 is 2.15 bits per heavy atom. The Hall–Kier alpha value is -2.28. The van der Waals surface area contributed by atoms with Crippen LogP contribution in [0.4, 0.5) is 14.9 Å². The number of rotatable bonds is 3. The highest BCUT2D eigenvalue weighted by Gasteiger charge is 2.14. The van der Waals surface area contributed by atoms with Gasteiger partial charge in [-0.3, -0.25) is 4.98 Å². The molecular weight excluding hydrogens is 281 g/mol. The lowest BCUT2D eigenvalue weighted by Gasteiger charge is -2.14. The summed E-state index contributed by atoms with van der Waals surface area (Å²) in [7, 11) is 1.54. The number of nitrogens with two attached hydrogens (primary N) is 1. The number of thiol groups is 1. The quantitative estimate of drug-likeness (QED) is 0.855. The van der Waals surface area contributed by atoms with Crippen LogP contribution in [-0.4, -0.2) is 18.1 Å². The summed E-state index contributed by atoms with van der Waals surface area (Å²) >= 11 is 3.86. The number of methoxy groups -OCH3 is 1. The standard InChI is InChI=1S/C13H12FN3O2S/c1-19-9-4-5-16-11(7-9)8-2-3-10(14)12(6-8)17(20)13(15)18/h2-7,20H,1H3,(H2,15,18). The third-order valence-electron chi connectivity index (χ3n) is 2.65. The molecular formula is C13H12FN3O2S. The average molecular weight is 293 g/mol. The summed E-state index contributed by atoms with van der Waals surface area (Å²) in [6.45, 7) is 0. The lowest BCUT2D eigenvalue weighted by atomic mass is 10.1. The van der Waals surface area contributed by atoms with Gasteiger partial charge in [-0.2, -0.15) is 0 Å². The van der Waals surface area contributed by atoms with Crippen LogP contribution in [0.25, 0.3) is 11.3 Å². The number of nitrogens with zero attached hydrogens (tertiary/aromatic N) is 2. The largest absolute Gasteiger partial charge is 0.497 e. The maximum Gasteiger partial charge on any atom is 0.329 e. The second-order valence-corrected chi connectivity index (χ2v) is 4.30. The first kappa shape index (κ1) is 14.1. The molecule has 2 amide bonds. The molecule has 0 saturated carbocycles. The second kappa shape index (κ2) is 5.79. The molecule has 0 saturated heterocycles. The molecule has 2 aromatic rings. The van der Waals surface area contributed by atoms with Gasteiger partial charge in [0.1, 0.15) is 11.6 Å². The molecule has 0 spiro atoms. The number of ether oxygens (including phenoxy) is 1. The molecule has 1 heterocycles. The van der Waals surface area contributed by atoms with E-state index in [9.17, 15) is 9.18 Å². The third kappa shape index (κ3) is 2.83. The zero-order chi connectivity index (χ0) is 14.7. The number of benzene rings is 1. The molecule has 0 aliphatic carbocycles. The van der Waals surface area contributed by atoms with E-state index >= 15 is 0 Å². The number of aromatic nitrogens is 1. The minimum Gasteiger partial charge on any atom is -0.497 e. The lowest BCUT2D eigenvalue weighted by molar-refractivity contribution is 0.257. The highest BCUT2D eigenvalue weighted by atomic mass is 32.1. The van der Waals surface area contributed by atoms with Crippen LogP contribution in [0.3, 0.4) is 0 Å². The van der Waals surface area contributed by atoms with Gasteiger partial charge in [-0.15, -0.1) is 0 Å². The van der Waals surface area contributed by atoms with Gasteiger partial charge in [0.25, 0.3) is 0 Å². The summed E-state index contributed by atoms with van der Waals surface area (Å²) in [5.41, 5.74) is 6.23. The molecule has 0 aliphatic heterocycles. The van der Waals surface area contributed by atoms with Gasteiger partial charge in [0, 0.05) is 17.8 Å². The molecule has 104 valence electrons. The molecule has 0 radical (unpaired) electrons. The van der Waals surface area contributed by atoms with Gasteiger partial charge < -0.3 is 10.5 Å². The van der Waals surface area contributed by atoms with Crippen molar-refractivity contribution in [1.29, 1.82) is 0 Å². The fourth-order valence-electron chi connectivity index (χ4n) is 1.65. The van der Waals surface area contributed by atoms with E-state index in [1.165, 1.54) is 19.2 Å². The number of pyridine rings is 1. The molecule has 2 N–H and O–H groups in total. The van der Waals surface area contributed by atoms with Gasteiger partial charge >= 0.3 is 6.03 Å². The number of amides is 2. The Morgan fingerprint density at radius 1 is 1.40 bits per heavy atom. The van der Waals surface area contributed by atoms with Crippen molar-refractivity contribution in [3.63, 3.8) is 0 Å². The van der Waals surface area contributed by atoms with Crippen LogP contribution in [0.2, 0.25) is 0 Å². The van der Waals surface area contributed by atoms with E-state index in [-0.39, 0.29) is 5.69 Å². The van der Waals surface area contributed by atoms with E-state index in [2.05, 4.69) is 17.8 Å². The SMILES string of the molecule is COc1ccnc(-c2ccc(F)c(N(S)C(N)=O)c2)c1. The van der Waals surface area contributed by atoms with Gasteiger partial charge in [0.15, 0.2) is 0 Å². The Balaban J connectivity index is 2.47. The number of hydrogen-bond donors (Lipinski definition) is 2. The fourth-order valence-corrected chi connectivity index (χ4v) is 1.80. The van der Waals surface area contributed by atoms with E-state index in [1.807, 2.05) is 0 Å². The number of carbonyl (C=O) groups excluding carboxylic acids is 1. The molecule has 0 fully saturated rings. The monoisotopic (exact) mass is 293 g/mol. The first-order chi connectivity index (χ1) is 9.52. The van der Waals surface area contributed by atoms with Crippen molar-refractivity contribution in [2.75, 3.05) is 11.4 Å². The summed E-state index contributed by atoms with van der Waals surface area (Å²) in [4.78, 5) is 15.2. The van der Waals surface area contributed by atoms with Crippen LogP contribution in [0.15, 0.2) is 36.5 Å². The molecule has 0 atom stereocenters. The number of hydrogen-bond acceptors (Lipinski definition) is 4. The van der Waals surface area contributed by atoms with Crippen molar-refractivity contribution in [2.24, 2.45) is 5.73 Å². The average Bonchev–Trinajstić information content (AvgIpc) is 2.47. The van der Waals surface area contributed by atoms with Crippen LogP contribution < -0.4 is 14.8 Å². The maximum absolute atomic E-state index is 13.7. The van der Waals surface area contributed by atoms with Gasteiger partial charge in [0.2, 0.25) is 0 Å². The summed E-state index contributed by atoms with van der Waals surface area (Å²) in [6, 6.07) is 6.73. The van der Waals surface area contributed by atoms with Gasteiger partial charge in [-0.1, -0.05) is 12.8 Å². The Kier molecular flexibility index (Phi) is 4.09. The maximum atomic E-state index is 13.7. The van der Waals surface area contributed by atoms with E-state index in [0.29, 0.717) is 17.0 Å². The lowest BCUT2D eigenvalue weighted by Crippen LogP contribution is -2.27. The minimum absolute atomic E-state index is 0.0389. The van der Waals surface area contributed by atoms with Crippen LogP contribution in [0, 0.1) is 5.82 Å². The van der Waals surface area contributed by atoms with Crippen molar-refractivity contribution in [1.82, 2.24) is 4.98 Å². The Labute approximate surface area is 120 Å². The van der Waals surface area contributed by atoms with Gasteiger partial charge in [0.05, 0.1) is 18.5 Å². The van der Waals surface area contributed by atoms with Crippen molar-refractivity contribution in [3.8, 4) is 17.0 Å². The molecule has 0 unspecified atom stereocenters. The predicted octanol–water partition coefficient (Wildman–Crippen LogP) is 2.63. The van der Waals surface area contributed by atoms with Crippen molar-refractivity contribution < 1.29 is 13.9 Å². The van der Waals surface area contributed by atoms with Crippen molar-refractivity contribution in [3.05, 3.63) is 42.3 Å². The van der Waals surface area contributed by atoms with E-state index in [1.54, 1.807) is 24.4 Å². The van der Waals surface area contributed by atoms with Crippen LogP contribution in [0.1, 0.15) is 0 Å². The second-order valence-electron chi connectivity index (χ2n) is 3.90. The number of primary amides is 1. The van der Waals surface area contributed by atoms with Crippen LogP contribution in [0.5, 0.6) is 5.75 Å². The third-order valence-corrected chi connectivity index (χ3v) is 3.06. The van der Waals surface area contributed by atoms with Gasteiger partial charge in [-0.25, -0.2) is 13.5 Å². The zero-order valence-corrected chi connectivity index (χ0v) is 11.5. The van der Waals surface area contributed by atoms with Crippen molar-refractivity contribution >= 4 is 24.5 Å². The topological polar surface area (TPSA) is 68.4 Å². The van der Waals surface area contributed by atoms with E-state index in [0.717, 1.165) is 4.31 Å². The molecule has 1 aromatic heterocycles. The van der Waals surface area contributed by atoms with E-state index < -0.39 is 11.8 Å². The van der Waals surface area contributed by atoms with Crippen LogP contribution in [-0.2, 0) is 0 Å². The number of anilines is 1. The summed E-state index contributed by atoms with van der Waals surface area (Å²) in [5.74, 6) is 0.0175. The summed E-state index contributed by atoms with van der Waals surface area (Å²) < 4.78 is 19.5. The van der Waals surface area contributed by atoms with Crippen LogP contribution >= 0.6 is 12.8 Å². The van der Waals surface area contributed by atoms with Crippen molar-refractivity contribution in [2.45, 2.75) is 0 Å². The fraction of sp³-hybridized carbons (Fsp3) is 0.0769. The smallest absolute Gasteiger partial charge is 0.329 e. The van der Waals surface area contributed by atoms with E-state index in [4.69, 9.17) is 10.5 Å². The minimum atomic E-state index is -0.872. The summed E-state index contributed by atoms with van der Waals surface area (Å²) in [5, 5.41) is 0. The normalized spacial score (nSPS) is 10.2. The zero-order valence-electron chi connectivity index (χ0n) is 10.6. The number of carbonyl (C=O) groups is 1. The molecule has 2 rings (SSSR count). The summed E-state index contributed by atoms with van der Waals surface area (Å²) in [6.07, 6.45) is 1.57. The highest BCUT2D eigenvalue weighted by molar-refractivity contribution is 7.82. The molecule has 20 heavy (non-hydrogen) atoms. The Morgan fingerprint density at radius 3 is 2.80 bits per heavy atom. The first-order valence-corrected chi connectivity index (χ1v) is 6.01.